The van der Waals surface area contributed by atoms with Crippen molar-refractivity contribution in [2.75, 3.05) is 31.6 Å². The zero-order valence-electron chi connectivity index (χ0n) is 15.0. The molecular formula is C18H22N4O3S2. The van der Waals surface area contributed by atoms with Gasteiger partial charge in [0.25, 0.3) is 11.8 Å². The number of carbonyl (C=O) groups is 2. The monoisotopic (exact) mass is 406 g/mol. The highest BCUT2D eigenvalue weighted by atomic mass is 32.1. The number of hydrogen-bond acceptors (Lipinski definition) is 7. The Bertz CT molecular complexity index is 855. The van der Waals surface area contributed by atoms with Gasteiger partial charge in [0.2, 0.25) is 0 Å². The molecule has 0 aromatic carbocycles. The van der Waals surface area contributed by atoms with Crippen LogP contribution in [0.2, 0.25) is 0 Å². The van der Waals surface area contributed by atoms with E-state index in [1.54, 1.807) is 5.38 Å². The molecule has 2 aromatic rings. The Morgan fingerprint density at radius 2 is 2.04 bits per heavy atom. The van der Waals surface area contributed by atoms with Crippen LogP contribution in [-0.2, 0) is 24.1 Å². The molecule has 2 amide bonds. The lowest BCUT2D eigenvalue weighted by Crippen LogP contribution is -2.35. The molecule has 1 aliphatic heterocycles. The molecule has 0 radical (unpaired) electrons. The average Bonchev–Trinajstić information content (AvgIpc) is 3.26. The Balaban J connectivity index is 1.48. The number of nitrogens with zero attached hydrogens (tertiary/aromatic N) is 2. The molecule has 0 spiro atoms. The Kier molecular flexibility index (Phi) is 5.53. The van der Waals surface area contributed by atoms with Crippen LogP contribution in [0, 0.1) is 0 Å². The lowest BCUT2D eigenvalue weighted by Gasteiger charge is -2.25. The van der Waals surface area contributed by atoms with Gasteiger partial charge in [-0.3, -0.25) is 14.5 Å². The summed E-state index contributed by atoms with van der Waals surface area (Å²) in [5.74, 6) is -0.767. The number of ether oxygens (including phenoxy) is 1. The summed E-state index contributed by atoms with van der Waals surface area (Å²) in [6.07, 6.45) is 3.95. The zero-order valence-corrected chi connectivity index (χ0v) is 16.6. The number of nitrogens with one attached hydrogen (secondary N) is 1. The van der Waals surface area contributed by atoms with E-state index in [4.69, 9.17) is 10.5 Å². The maximum atomic E-state index is 12.7. The first-order valence-electron chi connectivity index (χ1n) is 9.12. The molecule has 1 aliphatic carbocycles. The standard InChI is InChI=1S/C18H22N4O3S2/c19-16(23)15-11-3-1-2-4-13(11)27-18(15)21-17(24)12-10-26-14(20-12)9-22-5-7-25-8-6-22/h10H,1-9H2,(H2,19,23)(H,21,24). The first kappa shape index (κ1) is 18.5. The fourth-order valence-corrected chi connectivity index (χ4v) is 5.63. The second-order valence-corrected chi connectivity index (χ2v) is 8.80. The van der Waals surface area contributed by atoms with Gasteiger partial charge < -0.3 is 15.8 Å². The molecule has 9 heteroatoms. The summed E-state index contributed by atoms with van der Waals surface area (Å²) < 4.78 is 5.35. The molecule has 3 heterocycles. The third kappa shape index (κ3) is 4.06. The van der Waals surface area contributed by atoms with E-state index < -0.39 is 5.91 Å². The zero-order chi connectivity index (χ0) is 18.8. The lowest BCUT2D eigenvalue weighted by atomic mass is 9.95. The molecule has 27 heavy (non-hydrogen) atoms. The Morgan fingerprint density at radius 1 is 1.26 bits per heavy atom. The highest BCUT2D eigenvalue weighted by Crippen LogP contribution is 2.38. The van der Waals surface area contributed by atoms with Crippen LogP contribution >= 0.6 is 22.7 Å². The van der Waals surface area contributed by atoms with Gasteiger partial charge >= 0.3 is 0 Å². The van der Waals surface area contributed by atoms with Gasteiger partial charge in [-0.15, -0.1) is 22.7 Å². The van der Waals surface area contributed by atoms with Crippen LogP contribution in [0.4, 0.5) is 5.00 Å². The van der Waals surface area contributed by atoms with Gasteiger partial charge in [0.15, 0.2) is 0 Å². The first-order valence-corrected chi connectivity index (χ1v) is 10.8. The maximum Gasteiger partial charge on any atom is 0.275 e. The fourth-order valence-electron chi connectivity index (χ4n) is 3.52. The Morgan fingerprint density at radius 3 is 2.81 bits per heavy atom. The summed E-state index contributed by atoms with van der Waals surface area (Å²) in [6, 6.07) is 0. The number of hydrogen-bond donors (Lipinski definition) is 2. The molecule has 0 bridgehead atoms. The van der Waals surface area contributed by atoms with Crippen molar-refractivity contribution in [3.8, 4) is 0 Å². The minimum atomic E-state index is -0.476. The highest BCUT2D eigenvalue weighted by molar-refractivity contribution is 7.17. The van der Waals surface area contributed by atoms with Crippen molar-refractivity contribution in [1.29, 1.82) is 0 Å². The van der Waals surface area contributed by atoms with Crippen LogP contribution in [0.1, 0.15) is 49.1 Å². The molecule has 1 fully saturated rings. The van der Waals surface area contributed by atoms with Crippen molar-refractivity contribution < 1.29 is 14.3 Å². The summed E-state index contributed by atoms with van der Waals surface area (Å²) in [4.78, 5) is 32.5. The predicted octanol–water partition coefficient (Wildman–Crippen LogP) is 2.27. The number of morpholine rings is 1. The summed E-state index contributed by atoms with van der Waals surface area (Å²) in [5, 5.41) is 6.10. The van der Waals surface area contributed by atoms with E-state index in [9.17, 15) is 9.59 Å². The first-order chi connectivity index (χ1) is 13.1. The van der Waals surface area contributed by atoms with Crippen LogP contribution in [0.3, 0.4) is 0 Å². The molecule has 3 N–H and O–H groups in total. The van der Waals surface area contributed by atoms with Gasteiger partial charge in [-0.1, -0.05) is 0 Å². The van der Waals surface area contributed by atoms with Gasteiger partial charge in [0, 0.05) is 23.3 Å². The van der Waals surface area contributed by atoms with Crippen LogP contribution in [-0.4, -0.2) is 48.0 Å². The SMILES string of the molecule is NC(=O)c1c(NC(=O)c2csc(CN3CCOCC3)n2)sc2c1CCCC2. The Hall–Kier alpha value is -1.81. The molecule has 7 nitrogen and oxygen atoms in total. The number of anilines is 1. The van der Waals surface area contributed by atoms with E-state index in [0.29, 0.717) is 16.3 Å². The van der Waals surface area contributed by atoms with Gasteiger partial charge in [0.1, 0.15) is 15.7 Å². The topological polar surface area (TPSA) is 97.5 Å². The fraction of sp³-hybridized carbons (Fsp3) is 0.500. The summed E-state index contributed by atoms with van der Waals surface area (Å²) >= 11 is 2.95. The molecule has 4 rings (SSSR count). The van der Waals surface area contributed by atoms with Gasteiger partial charge in [-0.25, -0.2) is 4.98 Å². The number of primary amides is 1. The lowest BCUT2D eigenvalue weighted by molar-refractivity contribution is 0.0341. The second-order valence-electron chi connectivity index (χ2n) is 6.75. The van der Waals surface area contributed by atoms with Crippen molar-refractivity contribution in [3.05, 3.63) is 32.1 Å². The smallest absolute Gasteiger partial charge is 0.275 e. The Labute approximate surface area is 165 Å². The normalized spacial score (nSPS) is 17.5. The van der Waals surface area contributed by atoms with Crippen LogP contribution in [0.15, 0.2) is 5.38 Å². The number of fused-ring (bicyclic) bond motifs is 1. The van der Waals surface area contributed by atoms with E-state index in [2.05, 4.69) is 15.2 Å². The number of carbonyl (C=O) groups excluding carboxylic acids is 2. The van der Waals surface area contributed by atoms with Crippen molar-refractivity contribution in [1.82, 2.24) is 9.88 Å². The quantitative estimate of drug-likeness (QED) is 0.794. The number of thiazole rings is 1. The number of aryl methyl sites for hydroxylation is 1. The van der Waals surface area contributed by atoms with Gasteiger partial charge in [-0.2, -0.15) is 0 Å². The molecule has 144 valence electrons. The summed E-state index contributed by atoms with van der Waals surface area (Å²) in [6.45, 7) is 3.95. The molecule has 2 aromatic heterocycles. The molecule has 2 aliphatic rings. The molecular weight excluding hydrogens is 384 g/mol. The van der Waals surface area contributed by atoms with Crippen molar-refractivity contribution in [3.63, 3.8) is 0 Å². The third-order valence-corrected chi connectivity index (χ3v) is 6.93. The second kappa shape index (κ2) is 8.05. The average molecular weight is 407 g/mol. The van der Waals surface area contributed by atoms with E-state index in [0.717, 1.165) is 74.0 Å². The van der Waals surface area contributed by atoms with Gasteiger partial charge in [-0.05, 0) is 31.2 Å². The minimum absolute atomic E-state index is 0.291. The maximum absolute atomic E-state index is 12.7. The summed E-state index contributed by atoms with van der Waals surface area (Å²) in [7, 11) is 0. The molecule has 0 unspecified atom stereocenters. The van der Waals surface area contributed by atoms with E-state index in [1.807, 2.05) is 0 Å². The van der Waals surface area contributed by atoms with Crippen molar-refractivity contribution in [2.45, 2.75) is 32.2 Å². The van der Waals surface area contributed by atoms with Gasteiger partial charge in [0.05, 0.1) is 25.3 Å². The largest absolute Gasteiger partial charge is 0.379 e. The molecule has 1 saturated heterocycles. The number of rotatable bonds is 5. The minimum Gasteiger partial charge on any atom is -0.379 e. The van der Waals surface area contributed by atoms with Crippen LogP contribution in [0.5, 0.6) is 0 Å². The molecule has 0 saturated carbocycles. The van der Waals surface area contributed by atoms with Crippen LogP contribution < -0.4 is 11.1 Å². The number of amides is 2. The third-order valence-electron chi connectivity index (χ3n) is 4.89. The summed E-state index contributed by atoms with van der Waals surface area (Å²) in [5.41, 5.74) is 7.47. The van der Waals surface area contributed by atoms with E-state index in [-0.39, 0.29) is 5.91 Å². The number of aromatic nitrogens is 1. The predicted molar refractivity (Wildman–Crippen MR) is 106 cm³/mol. The van der Waals surface area contributed by atoms with Crippen molar-refractivity contribution in [2.24, 2.45) is 5.73 Å². The van der Waals surface area contributed by atoms with E-state index in [1.165, 1.54) is 22.7 Å². The van der Waals surface area contributed by atoms with E-state index >= 15 is 0 Å². The van der Waals surface area contributed by atoms with Crippen molar-refractivity contribution >= 4 is 39.5 Å². The molecule has 0 atom stereocenters. The number of nitrogens with two attached hydrogens (primary N) is 1. The highest BCUT2D eigenvalue weighted by Gasteiger charge is 2.25. The van der Waals surface area contributed by atoms with Crippen LogP contribution in [0.25, 0.3) is 0 Å². The number of thiophene rings is 1.